The fourth-order valence-corrected chi connectivity index (χ4v) is 1.84. The summed E-state index contributed by atoms with van der Waals surface area (Å²) in [4.78, 5) is 4.13. The van der Waals surface area contributed by atoms with Crippen LogP contribution < -0.4 is 4.74 Å². The Balaban J connectivity index is 2.50. The fraction of sp³-hybridized carbons (Fsp3) is 0.214. The second kappa shape index (κ2) is 4.97. The van der Waals surface area contributed by atoms with Gasteiger partial charge in [0.15, 0.2) is 0 Å². The van der Waals surface area contributed by atoms with E-state index in [0.29, 0.717) is 5.75 Å². The minimum Gasteiger partial charge on any atom is -0.496 e. The zero-order valence-corrected chi connectivity index (χ0v) is 9.97. The summed E-state index contributed by atoms with van der Waals surface area (Å²) in [5, 5.41) is 9.29. The monoisotopic (exact) mass is 229 g/mol. The van der Waals surface area contributed by atoms with Crippen molar-refractivity contribution in [1.29, 1.82) is 0 Å². The Morgan fingerprint density at radius 2 is 2.12 bits per heavy atom. The first kappa shape index (κ1) is 11.6. The zero-order valence-electron chi connectivity index (χ0n) is 9.97. The molecule has 0 aliphatic heterocycles. The number of ether oxygens (including phenoxy) is 1. The number of aryl methyl sites for hydroxylation is 1. The number of methoxy groups -OCH3 is 1. The van der Waals surface area contributed by atoms with Crippen molar-refractivity contribution in [2.24, 2.45) is 0 Å². The SMILES string of the molecule is COc1ccc(-c2cnccc2C)cc1CO. The van der Waals surface area contributed by atoms with Gasteiger partial charge in [0, 0.05) is 23.5 Å². The number of hydrogen-bond acceptors (Lipinski definition) is 3. The van der Waals surface area contributed by atoms with Crippen LogP contribution in [0.2, 0.25) is 0 Å². The molecule has 1 N–H and O–H groups in total. The molecule has 1 aromatic carbocycles. The number of benzene rings is 1. The number of aliphatic hydroxyl groups excluding tert-OH is 1. The van der Waals surface area contributed by atoms with Crippen LogP contribution in [0, 0.1) is 6.92 Å². The summed E-state index contributed by atoms with van der Waals surface area (Å²) < 4.78 is 5.18. The highest BCUT2D eigenvalue weighted by Gasteiger charge is 2.06. The van der Waals surface area contributed by atoms with Gasteiger partial charge >= 0.3 is 0 Å². The normalized spacial score (nSPS) is 10.3. The van der Waals surface area contributed by atoms with E-state index >= 15 is 0 Å². The second-order valence-electron chi connectivity index (χ2n) is 3.88. The molecule has 0 saturated heterocycles. The van der Waals surface area contributed by atoms with Gasteiger partial charge in [0.05, 0.1) is 13.7 Å². The molecule has 0 saturated carbocycles. The Kier molecular flexibility index (Phi) is 3.40. The third-order valence-corrected chi connectivity index (χ3v) is 2.80. The highest BCUT2D eigenvalue weighted by Crippen LogP contribution is 2.28. The molecule has 1 aromatic heterocycles. The van der Waals surface area contributed by atoms with Crippen molar-refractivity contribution >= 4 is 0 Å². The Bertz CT molecular complexity index is 523. The van der Waals surface area contributed by atoms with Crippen LogP contribution in [-0.4, -0.2) is 17.2 Å². The predicted octanol–water partition coefficient (Wildman–Crippen LogP) is 2.56. The first-order valence-corrected chi connectivity index (χ1v) is 5.45. The number of aliphatic hydroxyl groups is 1. The molecule has 88 valence electrons. The van der Waals surface area contributed by atoms with Crippen LogP contribution in [0.1, 0.15) is 11.1 Å². The molecule has 0 amide bonds. The Morgan fingerprint density at radius 1 is 1.29 bits per heavy atom. The van der Waals surface area contributed by atoms with E-state index in [4.69, 9.17) is 4.74 Å². The van der Waals surface area contributed by atoms with E-state index < -0.39 is 0 Å². The third kappa shape index (κ3) is 2.29. The van der Waals surface area contributed by atoms with Crippen molar-refractivity contribution < 1.29 is 9.84 Å². The Hall–Kier alpha value is -1.87. The maximum atomic E-state index is 9.29. The van der Waals surface area contributed by atoms with Gasteiger partial charge in [-0.25, -0.2) is 0 Å². The van der Waals surface area contributed by atoms with E-state index in [1.807, 2.05) is 37.4 Å². The Morgan fingerprint density at radius 3 is 2.76 bits per heavy atom. The molecule has 3 heteroatoms. The summed E-state index contributed by atoms with van der Waals surface area (Å²) >= 11 is 0. The molecule has 17 heavy (non-hydrogen) atoms. The molecular formula is C14H15NO2. The zero-order chi connectivity index (χ0) is 12.3. The van der Waals surface area contributed by atoms with E-state index in [9.17, 15) is 5.11 Å². The molecule has 2 rings (SSSR count). The fourth-order valence-electron chi connectivity index (χ4n) is 1.84. The lowest BCUT2D eigenvalue weighted by molar-refractivity contribution is 0.274. The van der Waals surface area contributed by atoms with Gasteiger partial charge in [-0.1, -0.05) is 6.07 Å². The van der Waals surface area contributed by atoms with E-state index in [2.05, 4.69) is 4.98 Å². The van der Waals surface area contributed by atoms with Crippen LogP contribution in [0.3, 0.4) is 0 Å². The second-order valence-corrected chi connectivity index (χ2v) is 3.88. The lowest BCUT2D eigenvalue weighted by Gasteiger charge is -2.10. The molecule has 0 aliphatic rings. The number of nitrogens with zero attached hydrogens (tertiary/aromatic N) is 1. The number of hydrogen-bond donors (Lipinski definition) is 1. The van der Waals surface area contributed by atoms with Crippen molar-refractivity contribution in [3.8, 4) is 16.9 Å². The lowest BCUT2D eigenvalue weighted by atomic mass is 10.0. The van der Waals surface area contributed by atoms with E-state index in [1.165, 1.54) is 0 Å². The molecule has 3 nitrogen and oxygen atoms in total. The predicted molar refractivity (Wildman–Crippen MR) is 66.9 cm³/mol. The highest BCUT2D eigenvalue weighted by atomic mass is 16.5. The van der Waals surface area contributed by atoms with Gasteiger partial charge in [-0.3, -0.25) is 4.98 Å². The van der Waals surface area contributed by atoms with Gasteiger partial charge in [-0.05, 0) is 36.2 Å². The lowest BCUT2D eigenvalue weighted by Crippen LogP contribution is -1.93. The highest BCUT2D eigenvalue weighted by molar-refractivity contribution is 5.67. The van der Waals surface area contributed by atoms with Gasteiger partial charge in [-0.15, -0.1) is 0 Å². The molecule has 0 bridgehead atoms. The first-order valence-electron chi connectivity index (χ1n) is 5.45. The van der Waals surface area contributed by atoms with Crippen LogP contribution in [0.4, 0.5) is 0 Å². The van der Waals surface area contributed by atoms with Crippen LogP contribution in [0.5, 0.6) is 5.75 Å². The molecule has 0 spiro atoms. The van der Waals surface area contributed by atoms with Gasteiger partial charge in [0.2, 0.25) is 0 Å². The number of pyridine rings is 1. The molecule has 0 radical (unpaired) electrons. The number of rotatable bonds is 3. The van der Waals surface area contributed by atoms with Crippen molar-refractivity contribution in [1.82, 2.24) is 4.98 Å². The summed E-state index contributed by atoms with van der Waals surface area (Å²) in [5.74, 6) is 0.706. The van der Waals surface area contributed by atoms with Gasteiger partial charge in [-0.2, -0.15) is 0 Å². The topological polar surface area (TPSA) is 42.4 Å². The van der Waals surface area contributed by atoms with Crippen LogP contribution >= 0.6 is 0 Å². The molecule has 1 heterocycles. The van der Waals surface area contributed by atoms with E-state index in [-0.39, 0.29) is 6.61 Å². The maximum Gasteiger partial charge on any atom is 0.124 e. The van der Waals surface area contributed by atoms with Crippen LogP contribution in [0.25, 0.3) is 11.1 Å². The average molecular weight is 229 g/mol. The van der Waals surface area contributed by atoms with E-state index in [1.54, 1.807) is 13.3 Å². The van der Waals surface area contributed by atoms with Crippen molar-refractivity contribution in [3.63, 3.8) is 0 Å². The van der Waals surface area contributed by atoms with Gasteiger partial charge in [0.25, 0.3) is 0 Å². The minimum absolute atomic E-state index is 0.0314. The molecule has 0 atom stereocenters. The van der Waals surface area contributed by atoms with Crippen molar-refractivity contribution in [2.45, 2.75) is 13.5 Å². The molecule has 0 unspecified atom stereocenters. The third-order valence-electron chi connectivity index (χ3n) is 2.80. The first-order chi connectivity index (χ1) is 8.26. The molecule has 0 fully saturated rings. The Labute approximate surface area is 101 Å². The summed E-state index contributed by atoms with van der Waals surface area (Å²) in [6.07, 6.45) is 3.60. The standard InChI is InChI=1S/C14H15NO2/c1-10-5-6-15-8-13(10)11-3-4-14(17-2)12(7-11)9-16/h3-8,16H,9H2,1-2H3. The largest absolute Gasteiger partial charge is 0.496 e. The number of aromatic nitrogens is 1. The van der Waals surface area contributed by atoms with Crippen LogP contribution in [0.15, 0.2) is 36.7 Å². The summed E-state index contributed by atoms with van der Waals surface area (Å²) in [6.45, 7) is 2.01. The average Bonchev–Trinajstić information content (AvgIpc) is 2.38. The summed E-state index contributed by atoms with van der Waals surface area (Å²) in [7, 11) is 1.60. The summed E-state index contributed by atoms with van der Waals surface area (Å²) in [6, 6.07) is 7.75. The molecule has 0 aliphatic carbocycles. The quantitative estimate of drug-likeness (QED) is 0.879. The van der Waals surface area contributed by atoms with E-state index in [0.717, 1.165) is 22.3 Å². The summed E-state index contributed by atoms with van der Waals surface area (Å²) in [5.41, 5.74) is 4.06. The molecular weight excluding hydrogens is 214 g/mol. The molecule has 2 aromatic rings. The minimum atomic E-state index is -0.0314. The maximum absolute atomic E-state index is 9.29. The van der Waals surface area contributed by atoms with Crippen molar-refractivity contribution in [2.75, 3.05) is 7.11 Å². The van der Waals surface area contributed by atoms with Crippen LogP contribution in [-0.2, 0) is 6.61 Å². The van der Waals surface area contributed by atoms with Gasteiger partial charge < -0.3 is 9.84 Å². The van der Waals surface area contributed by atoms with Gasteiger partial charge in [0.1, 0.15) is 5.75 Å². The smallest absolute Gasteiger partial charge is 0.124 e. The van der Waals surface area contributed by atoms with Crippen molar-refractivity contribution in [3.05, 3.63) is 47.8 Å².